The summed E-state index contributed by atoms with van der Waals surface area (Å²) in [6.45, 7) is 3.40. The summed E-state index contributed by atoms with van der Waals surface area (Å²) in [5.41, 5.74) is 0.467. The molecule has 0 fully saturated rings. The summed E-state index contributed by atoms with van der Waals surface area (Å²) < 4.78 is 31.0. The molecule has 0 aliphatic carbocycles. The minimum Gasteiger partial charge on any atom is -0.478 e. The van der Waals surface area contributed by atoms with Crippen LogP contribution in [0.15, 0.2) is 27.6 Å². The molecule has 1 N–H and O–H groups in total. The number of carboxylic acid groups (broad SMARTS) is 1. The third-order valence-electron chi connectivity index (χ3n) is 3.36. The Morgan fingerprint density at radius 2 is 2.04 bits per heavy atom. The number of aryl methyl sites for hydroxylation is 2. The Balaban J connectivity index is 2.16. The number of aromatic nitrogens is 2. The highest BCUT2D eigenvalue weighted by Gasteiger charge is 2.22. The van der Waals surface area contributed by atoms with E-state index < -0.39 is 16.0 Å². The molecule has 0 atom stereocenters. The Hall–Kier alpha value is -2.26. The molecule has 0 saturated heterocycles. The van der Waals surface area contributed by atoms with Crippen molar-refractivity contribution in [2.45, 2.75) is 25.2 Å². The molecule has 0 unspecified atom stereocenters. The molecule has 2 rings (SSSR count). The van der Waals surface area contributed by atoms with Gasteiger partial charge in [-0.3, -0.25) is 0 Å². The van der Waals surface area contributed by atoms with Crippen LogP contribution in [0.5, 0.6) is 0 Å². The Kier molecular flexibility index (Phi) is 4.81. The molecule has 0 saturated carbocycles. The van der Waals surface area contributed by atoms with Crippen LogP contribution in [0.25, 0.3) is 0 Å². The summed E-state index contributed by atoms with van der Waals surface area (Å²) in [7, 11) is -2.27. The summed E-state index contributed by atoms with van der Waals surface area (Å²) in [5, 5.41) is 12.7. The molecule has 0 bridgehead atoms. The molecule has 1 aromatic heterocycles. The van der Waals surface area contributed by atoms with Crippen LogP contribution < -0.4 is 0 Å². The standard InChI is InChI=1S/C14H17N3O5S/c1-9-8-11(4-5-12(9)14(18)19)23(20,21)17(3)7-6-13-15-10(2)22-16-13/h4-5,8H,6-7H2,1-3H3,(H,18,19). The molecular weight excluding hydrogens is 322 g/mol. The van der Waals surface area contributed by atoms with E-state index >= 15 is 0 Å². The summed E-state index contributed by atoms with van der Waals surface area (Å²) in [4.78, 5) is 15.1. The Labute approximate surface area is 133 Å². The Bertz CT molecular complexity index is 829. The SMILES string of the molecule is Cc1nc(CCN(C)S(=O)(=O)c2ccc(C(=O)O)c(C)c2)no1. The minimum atomic E-state index is -3.71. The van der Waals surface area contributed by atoms with Gasteiger partial charge in [0.15, 0.2) is 5.82 Å². The van der Waals surface area contributed by atoms with Crippen LogP contribution in [-0.4, -0.2) is 47.5 Å². The number of aromatic carboxylic acids is 1. The van der Waals surface area contributed by atoms with E-state index in [4.69, 9.17) is 9.63 Å². The summed E-state index contributed by atoms with van der Waals surface area (Å²) in [6.07, 6.45) is 0.319. The van der Waals surface area contributed by atoms with E-state index in [2.05, 4.69) is 10.1 Å². The lowest BCUT2D eigenvalue weighted by molar-refractivity contribution is 0.0696. The second-order valence-corrected chi connectivity index (χ2v) is 7.13. The van der Waals surface area contributed by atoms with Crippen molar-refractivity contribution >= 4 is 16.0 Å². The van der Waals surface area contributed by atoms with E-state index in [0.717, 1.165) is 0 Å². The smallest absolute Gasteiger partial charge is 0.335 e. The van der Waals surface area contributed by atoms with Gasteiger partial charge in [0, 0.05) is 26.9 Å². The van der Waals surface area contributed by atoms with Crippen molar-refractivity contribution in [1.82, 2.24) is 14.4 Å². The lowest BCUT2D eigenvalue weighted by atomic mass is 10.1. The molecule has 0 radical (unpaired) electrons. The first-order valence-electron chi connectivity index (χ1n) is 6.81. The molecule has 0 spiro atoms. The molecule has 124 valence electrons. The molecule has 23 heavy (non-hydrogen) atoms. The van der Waals surface area contributed by atoms with Gasteiger partial charge in [0.25, 0.3) is 0 Å². The van der Waals surface area contributed by atoms with Crippen LogP contribution in [0, 0.1) is 13.8 Å². The third kappa shape index (κ3) is 3.74. The van der Waals surface area contributed by atoms with E-state index in [0.29, 0.717) is 23.7 Å². The number of carboxylic acids is 1. The van der Waals surface area contributed by atoms with Crippen molar-refractivity contribution < 1.29 is 22.8 Å². The first-order chi connectivity index (χ1) is 10.7. The van der Waals surface area contributed by atoms with E-state index in [1.807, 2.05) is 0 Å². The zero-order valence-electron chi connectivity index (χ0n) is 13.0. The van der Waals surface area contributed by atoms with E-state index in [-0.39, 0.29) is 17.0 Å². The lowest BCUT2D eigenvalue weighted by Gasteiger charge is -2.17. The van der Waals surface area contributed by atoms with Crippen LogP contribution in [0.4, 0.5) is 0 Å². The second kappa shape index (κ2) is 6.47. The molecule has 9 heteroatoms. The monoisotopic (exact) mass is 339 g/mol. The predicted molar refractivity (Wildman–Crippen MR) is 80.7 cm³/mol. The molecule has 0 aliphatic heterocycles. The minimum absolute atomic E-state index is 0.0480. The Morgan fingerprint density at radius 1 is 1.35 bits per heavy atom. The number of sulfonamides is 1. The predicted octanol–water partition coefficient (Wildman–Crippen LogP) is 1.25. The highest BCUT2D eigenvalue weighted by Crippen LogP contribution is 2.19. The van der Waals surface area contributed by atoms with Gasteiger partial charge in [-0.1, -0.05) is 5.16 Å². The highest BCUT2D eigenvalue weighted by molar-refractivity contribution is 7.89. The number of rotatable bonds is 6. The van der Waals surface area contributed by atoms with Gasteiger partial charge in [-0.05, 0) is 30.7 Å². The van der Waals surface area contributed by atoms with Crippen molar-refractivity contribution in [2.24, 2.45) is 0 Å². The van der Waals surface area contributed by atoms with Gasteiger partial charge in [0.2, 0.25) is 15.9 Å². The van der Waals surface area contributed by atoms with E-state index in [1.54, 1.807) is 13.8 Å². The largest absolute Gasteiger partial charge is 0.478 e. The van der Waals surface area contributed by atoms with Gasteiger partial charge in [0.05, 0.1) is 10.5 Å². The zero-order valence-corrected chi connectivity index (χ0v) is 13.8. The molecule has 0 amide bonds. The van der Waals surface area contributed by atoms with E-state index in [9.17, 15) is 13.2 Å². The summed E-state index contributed by atoms with van der Waals surface area (Å²) in [5.74, 6) is -0.236. The van der Waals surface area contributed by atoms with Crippen LogP contribution in [-0.2, 0) is 16.4 Å². The number of nitrogens with zero attached hydrogens (tertiary/aromatic N) is 3. The molecule has 0 aliphatic rings. The van der Waals surface area contributed by atoms with E-state index in [1.165, 1.54) is 29.6 Å². The average molecular weight is 339 g/mol. The Morgan fingerprint density at radius 3 is 2.57 bits per heavy atom. The first kappa shape index (κ1) is 17.1. The topological polar surface area (TPSA) is 114 Å². The van der Waals surface area contributed by atoms with Crippen LogP contribution in [0.1, 0.15) is 27.6 Å². The maximum absolute atomic E-state index is 12.5. The fourth-order valence-electron chi connectivity index (χ4n) is 2.04. The highest BCUT2D eigenvalue weighted by atomic mass is 32.2. The van der Waals surface area contributed by atoms with Crippen molar-refractivity contribution in [3.63, 3.8) is 0 Å². The molecule has 1 heterocycles. The lowest BCUT2D eigenvalue weighted by Crippen LogP contribution is -2.29. The van der Waals surface area contributed by atoms with Gasteiger partial charge in [-0.25, -0.2) is 17.5 Å². The molecule has 8 nitrogen and oxygen atoms in total. The van der Waals surface area contributed by atoms with Crippen LogP contribution >= 0.6 is 0 Å². The number of hydrogen-bond donors (Lipinski definition) is 1. The number of benzene rings is 1. The molecule has 1 aromatic carbocycles. The van der Waals surface area contributed by atoms with Crippen molar-refractivity contribution in [3.05, 3.63) is 41.0 Å². The normalized spacial score (nSPS) is 11.8. The number of hydrogen-bond acceptors (Lipinski definition) is 6. The first-order valence-corrected chi connectivity index (χ1v) is 8.25. The number of carbonyl (C=O) groups is 1. The maximum atomic E-state index is 12.5. The molecule has 2 aromatic rings. The van der Waals surface area contributed by atoms with Crippen molar-refractivity contribution in [2.75, 3.05) is 13.6 Å². The summed E-state index contributed by atoms with van der Waals surface area (Å²) in [6, 6.07) is 3.94. The second-order valence-electron chi connectivity index (χ2n) is 5.09. The van der Waals surface area contributed by atoms with Crippen molar-refractivity contribution in [1.29, 1.82) is 0 Å². The van der Waals surface area contributed by atoms with Gasteiger partial charge in [0.1, 0.15) is 0 Å². The van der Waals surface area contributed by atoms with Crippen molar-refractivity contribution in [3.8, 4) is 0 Å². The maximum Gasteiger partial charge on any atom is 0.335 e. The van der Waals surface area contributed by atoms with Crippen LogP contribution in [0.3, 0.4) is 0 Å². The third-order valence-corrected chi connectivity index (χ3v) is 5.21. The zero-order chi connectivity index (χ0) is 17.2. The average Bonchev–Trinajstić information content (AvgIpc) is 2.89. The van der Waals surface area contributed by atoms with Gasteiger partial charge in [-0.15, -0.1) is 0 Å². The summed E-state index contributed by atoms with van der Waals surface area (Å²) >= 11 is 0. The van der Waals surface area contributed by atoms with Gasteiger partial charge >= 0.3 is 5.97 Å². The molecular formula is C14H17N3O5S. The fourth-order valence-corrected chi connectivity index (χ4v) is 3.29. The quantitative estimate of drug-likeness (QED) is 0.842. The van der Waals surface area contributed by atoms with Gasteiger partial charge < -0.3 is 9.63 Å². The fraction of sp³-hybridized carbons (Fsp3) is 0.357. The van der Waals surface area contributed by atoms with Gasteiger partial charge in [-0.2, -0.15) is 4.98 Å². The number of likely N-dealkylation sites (N-methyl/N-ethyl adjacent to an activating group) is 1. The van der Waals surface area contributed by atoms with Crippen LogP contribution in [0.2, 0.25) is 0 Å².